The molecule has 3 rings (SSSR count). The quantitative estimate of drug-likeness (QED) is 0.887. The van der Waals surface area contributed by atoms with Crippen LogP contribution < -0.4 is 10.6 Å². The predicted molar refractivity (Wildman–Crippen MR) is 78.5 cm³/mol. The van der Waals surface area contributed by atoms with E-state index < -0.39 is 0 Å². The summed E-state index contributed by atoms with van der Waals surface area (Å²) in [6, 6.07) is 8.74. The highest BCUT2D eigenvalue weighted by Gasteiger charge is 2.45. The fourth-order valence-electron chi connectivity index (χ4n) is 3.79. The molecular formula is C16H24N2O. The van der Waals surface area contributed by atoms with E-state index in [2.05, 4.69) is 43.0 Å². The number of hydrogen-bond acceptors (Lipinski definition) is 3. The molecule has 0 spiro atoms. The van der Waals surface area contributed by atoms with Gasteiger partial charge in [-0.05, 0) is 38.3 Å². The number of nitrogens with two attached hydrogens (primary N) is 1. The zero-order valence-corrected chi connectivity index (χ0v) is 12.0. The number of para-hydroxylation sites is 1. The summed E-state index contributed by atoms with van der Waals surface area (Å²) in [6.07, 6.45) is 3.17. The Morgan fingerprint density at radius 2 is 2.11 bits per heavy atom. The van der Waals surface area contributed by atoms with E-state index in [4.69, 9.17) is 10.5 Å². The van der Waals surface area contributed by atoms with Crippen LogP contribution in [0.2, 0.25) is 0 Å². The Morgan fingerprint density at radius 3 is 2.84 bits per heavy atom. The van der Waals surface area contributed by atoms with Crippen LogP contribution in [0.1, 0.15) is 32.3 Å². The minimum Gasteiger partial charge on any atom is -0.375 e. The van der Waals surface area contributed by atoms with Crippen molar-refractivity contribution in [2.24, 2.45) is 5.73 Å². The van der Waals surface area contributed by atoms with Crippen LogP contribution in [0.25, 0.3) is 0 Å². The summed E-state index contributed by atoms with van der Waals surface area (Å²) in [5, 5.41) is 0. The van der Waals surface area contributed by atoms with E-state index in [-0.39, 0.29) is 11.1 Å². The molecule has 104 valence electrons. The maximum Gasteiger partial charge on any atom is 0.0649 e. The largest absolute Gasteiger partial charge is 0.375 e. The minimum atomic E-state index is -0.0743. The van der Waals surface area contributed by atoms with Crippen LogP contribution in [0.5, 0.6) is 0 Å². The predicted octanol–water partition coefficient (Wildman–Crippen LogP) is 2.34. The number of anilines is 1. The van der Waals surface area contributed by atoms with Crippen LogP contribution in [0, 0.1) is 0 Å². The number of nitrogens with zero attached hydrogens (tertiary/aromatic N) is 1. The normalized spacial score (nSPS) is 29.3. The van der Waals surface area contributed by atoms with Gasteiger partial charge < -0.3 is 15.4 Å². The molecule has 2 N–H and O–H groups in total. The van der Waals surface area contributed by atoms with Crippen LogP contribution in [-0.4, -0.2) is 30.8 Å². The second-order valence-corrected chi connectivity index (χ2v) is 6.49. The van der Waals surface area contributed by atoms with Crippen molar-refractivity contribution in [3.05, 3.63) is 29.8 Å². The standard InChI is InChI=1S/C16H24N2O/c1-15(2)11-16(12-17,8-10-19-15)18-9-7-13-5-3-4-6-14(13)18/h3-6H,7-12,17H2,1-2H3. The monoisotopic (exact) mass is 260 g/mol. The third-order valence-electron chi connectivity index (χ3n) is 4.65. The average molecular weight is 260 g/mol. The van der Waals surface area contributed by atoms with Crippen molar-refractivity contribution in [2.75, 3.05) is 24.6 Å². The van der Waals surface area contributed by atoms with E-state index in [1.807, 2.05) is 0 Å². The number of hydrogen-bond donors (Lipinski definition) is 1. The Bertz CT molecular complexity index is 472. The number of ether oxygens (including phenoxy) is 1. The molecule has 0 radical (unpaired) electrons. The SMILES string of the molecule is CC1(C)CC(CN)(N2CCc3ccccc32)CCO1. The number of fused-ring (bicyclic) bond motifs is 1. The highest BCUT2D eigenvalue weighted by Crippen LogP contribution is 2.41. The first kappa shape index (κ1) is 12.9. The molecule has 1 atom stereocenters. The molecule has 1 unspecified atom stereocenters. The van der Waals surface area contributed by atoms with Crippen molar-refractivity contribution in [1.82, 2.24) is 0 Å². The summed E-state index contributed by atoms with van der Waals surface area (Å²) in [7, 11) is 0. The number of rotatable bonds is 2. The third-order valence-corrected chi connectivity index (χ3v) is 4.65. The molecule has 1 aromatic carbocycles. The molecule has 2 aliphatic rings. The molecule has 3 nitrogen and oxygen atoms in total. The van der Waals surface area contributed by atoms with Gasteiger partial charge in [-0.2, -0.15) is 0 Å². The van der Waals surface area contributed by atoms with E-state index in [0.29, 0.717) is 6.54 Å². The molecule has 0 amide bonds. The molecule has 2 heterocycles. The van der Waals surface area contributed by atoms with Gasteiger partial charge in [0.1, 0.15) is 0 Å². The van der Waals surface area contributed by atoms with Crippen molar-refractivity contribution < 1.29 is 4.74 Å². The van der Waals surface area contributed by atoms with Crippen molar-refractivity contribution in [3.63, 3.8) is 0 Å². The molecule has 1 fully saturated rings. The Balaban J connectivity index is 1.95. The number of benzene rings is 1. The van der Waals surface area contributed by atoms with Crippen LogP contribution in [0.3, 0.4) is 0 Å². The van der Waals surface area contributed by atoms with E-state index >= 15 is 0 Å². The van der Waals surface area contributed by atoms with Crippen LogP contribution in [0.15, 0.2) is 24.3 Å². The van der Waals surface area contributed by atoms with E-state index in [1.165, 1.54) is 11.3 Å². The lowest BCUT2D eigenvalue weighted by Gasteiger charge is -2.50. The lowest BCUT2D eigenvalue weighted by atomic mass is 9.79. The van der Waals surface area contributed by atoms with Crippen molar-refractivity contribution in [3.8, 4) is 0 Å². The molecule has 1 aromatic rings. The fourth-order valence-corrected chi connectivity index (χ4v) is 3.79. The van der Waals surface area contributed by atoms with Gasteiger partial charge in [-0.15, -0.1) is 0 Å². The van der Waals surface area contributed by atoms with Gasteiger partial charge in [-0.3, -0.25) is 0 Å². The molecule has 0 saturated carbocycles. The van der Waals surface area contributed by atoms with Gasteiger partial charge >= 0.3 is 0 Å². The maximum atomic E-state index is 6.20. The summed E-state index contributed by atoms with van der Waals surface area (Å²) in [5.41, 5.74) is 9.03. The summed E-state index contributed by atoms with van der Waals surface area (Å²) < 4.78 is 5.89. The smallest absolute Gasteiger partial charge is 0.0649 e. The van der Waals surface area contributed by atoms with Gasteiger partial charge in [0.25, 0.3) is 0 Å². The van der Waals surface area contributed by atoms with Gasteiger partial charge in [0.05, 0.1) is 11.1 Å². The minimum absolute atomic E-state index is 0.0638. The lowest BCUT2D eigenvalue weighted by molar-refractivity contribution is -0.0791. The van der Waals surface area contributed by atoms with Gasteiger partial charge in [0.15, 0.2) is 0 Å². The second-order valence-electron chi connectivity index (χ2n) is 6.49. The Morgan fingerprint density at radius 1 is 1.32 bits per heavy atom. The van der Waals surface area contributed by atoms with Crippen LogP contribution in [-0.2, 0) is 11.2 Å². The van der Waals surface area contributed by atoms with Crippen LogP contribution >= 0.6 is 0 Å². The summed E-state index contributed by atoms with van der Waals surface area (Å²) >= 11 is 0. The first-order valence-electron chi connectivity index (χ1n) is 7.26. The van der Waals surface area contributed by atoms with Gasteiger partial charge in [-0.25, -0.2) is 0 Å². The molecule has 3 heteroatoms. The van der Waals surface area contributed by atoms with E-state index in [1.54, 1.807) is 0 Å². The first-order chi connectivity index (χ1) is 9.06. The van der Waals surface area contributed by atoms with E-state index in [0.717, 1.165) is 32.4 Å². The molecule has 0 aliphatic carbocycles. The average Bonchev–Trinajstić information content (AvgIpc) is 2.81. The topological polar surface area (TPSA) is 38.5 Å². The zero-order chi connectivity index (χ0) is 13.5. The summed E-state index contributed by atoms with van der Waals surface area (Å²) in [5.74, 6) is 0. The third kappa shape index (κ3) is 2.15. The molecular weight excluding hydrogens is 236 g/mol. The molecule has 1 saturated heterocycles. The van der Waals surface area contributed by atoms with Gasteiger partial charge in [0, 0.05) is 31.8 Å². The van der Waals surface area contributed by atoms with Crippen molar-refractivity contribution >= 4 is 5.69 Å². The maximum absolute atomic E-state index is 6.20. The molecule has 0 bridgehead atoms. The van der Waals surface area contributed by atoms with Crippen LogP contribution in [0.4, 0.5) is 5.69 Å². The summed E-state index contributed by atoms with van der Waals surface area (Å²) in [4.78, 5) is 2.55. The summed E-state index contributed by atoms with van der Waals surface area (Å²) in [6.45, 7) is 6.96. The highest BCUT2D eigenvalue weighted by molar-refractivity contribution is 5.60. The molecule has 2 aliphatic heterocycles. The fraction of sp³-hybridized carbons (Fsp3) is 0.625. The van der Waals surface area contributed by atoms with Gasteiger partial charge in [0.2, 0.25) is 0 Å². The Labute approximate surface area is 115 Å². The van der Waals surface area contributed by atoms with Gasteiger partial charge in [-0.1, -0.05) is 18.2 Å². The Kier molecular flexibility index (Phi) is 3.06. The van der Waals surface area contributed by atoms with Crippen molar-refractivity contribution in [1.29, 1.82) is 0 Å². The zero-order valence-electron chi connectivity index (χ0n) is 12.0. The molecule has 19 heavy (non-hydrogen) atoms. The molecule has 0 aromatic heterocycles. The Hall–Kier alpha value is -1.06. The van der Waals surface area contributed by atoms with E-state index in [9.17, 15) is 0 Å². The lowest BCUT2D eigenvalue weighted by Crippen LogP contribution is -2.60. The highest BCUT2D eigenvalue weighted by atomic mass is 16.5. The first-order valence-corrected chi connectivity index (χ1v) is 7.26. The second kappa shape index (κ2) is 4.50. The van der Waals surface area contributed by atoms with Crippen molar-refractivity contribution in [2.45, 2.75) is 44.2 Å².